The topological polar surface area (TPSA) is 38.0 Å². The van der Waals surface area contributed by atoms with E-state index in [1.54, 1.807) is 6.07 Å². The van der Waals surface area contributed by atoms with Gasteiger partial charge in [0.2, 0.25) is 0 Å². The second-order valence-electron chi connectivity index (χ2n) is 3.52. The number of halogens is 2. The van der Waals surface area contributed by atoms with Crippen LogP contribution in [0, 0.1) is 12.3 Å². The van der Waals surface area contributed by atoms with E-state index >= 15 is 0 Å². The molecule has 0 radical (unpaired) electrons. The third kappa shape index (κ3) is 4.03. The van der Waals surface area contributed by atoms with Gasteiger partial charge in [0.25, 0.3) is 0 Å². The van der Waals surface area contributed by atoms with Crippen molar-refractivity contribution in [2.75, 3.05) is 0 Å². The van der Waals surface area contributed by atoms with Gasteiger partial charge in [-0.15, -0.1) is 12.3 Å². The van der Waals surface area contributed by atoms with Gasteiger partial charge in [0.15, 0.2) is 0 Å². The lowest BCUT2D eigenvalue weighted by molar-refractivity contribution is 0.502. The minimum Gasteiger partial charge on any atom is -0.271 e. The number of unbranched alkanes of at least 4 members (excludes halogenated alkanes) is 1. The van der Waals surface area contributed by atoms with Gasteiger partial charge in [-0.1, -0.05) is 23.2 Å². The summed E-state index contributed by atoms with van der Waals surface area (Å²) in [6.45, 7) is 0. The summed E-state index contributed by atoms with van der Waals surface area (Å²) in [7, 11) is 0. The molecule has 0 saturated carbocycles. The van der Waals surface area contributed by atoms with Gasteiger partial charge >= 0.3 is 0 Å². The summed E-state index contributed by atoms with van der Waals surface area (Å²) < 4.78 is 0. The van der Waals surface area contributed by atoms with Crippen LogP contribution < -0.4 is 11.3 Å². The van der Waals surface area contributed by atoms with E-state index in [0.29, 0.717) is 10.0 Å². The predicted molar refractivity (Wildman–Crippen MR) is 69.2 cm³/mol. The predicted octanol–water partition coefficient (Wildman–Crippen LogP) is 3.30. The molecule has 0 fully saturated rings. The Morgan fingerprint density at radius 3 is 2.44 bits per heavy atom. The average Bonchev–Trinajstić information content (AvgIpc) is 2.23. The van der Waals surface area contributed by atoms with Gasteiger partial charge in [-0.05, 0) is 36.6 Å². The zero-order valence-corrected chi connectivity index (χ0v) is 10.4. The number of hydrazine groups is 1. The molecule has 0 amide bonds. The van der Waals surface area contributed by atoms with Crippen LogP contribution in [-0.4, -0.2) is 0 Å². The smallest absolute Gasteiger partial charge is 0.0461 e. The van der Waals surface area contributed by atoms with Gasteiger partial charge in [0, 0.05) is 22.5 Å². The van der Waals surface area contributed by atoms with Crippen LogP contribution in [0.5, 0.6) is 0 Å². The molecule has 0 aliphatic rings. The Balaban J connectivity index is 2.74. The second-order valence-corrected chi connectivity index (χ2v) is 4.39. The van der Waals surface area contributed by atoms with E-state index in [9.17, 15) is 0 Å². The van der Waals surface area contributed by atoms with E-state index < -0.39 is 0 Å². The minimum absolute atomic E-state index is 0.0320. The van der Waals surface area contributed by atoms with E-state index in [0.717, 1.165) is 24.8 Å². The average molecular weight is 257 g/mol. The standard InChI is InChI=1S/C12H14Cl2N2/c1-2-3-4-5-12(16-15)9-6-10(13)8-11(14)7-9/h1,6-8,12,16H,3-5,15H2. The first-order chi connectivity index (χ1) is 7.67. The Hall–Kier alpha value is -0.720. The van der Waals surface area contributed by atoms with Crippen molar-refractivity contribution >= 4 is 23.2 Å². The number of benzene rings is 1. The molecule has 86 valence electrons. The van der Waals surface area contributed by atoms with Crippen LogP contribution in [0.15, 0.2) is 18.2 Å². The summed E-state index contributed by atoms with van der Waals surface area (Å²) in [5, 5.41) is 1.22. The number of terminal acetylenes is 1. The summed E-state index contributed by atoms with van der Waals surface area (Å²) >= 11 is 11.9. The molecule has 4 heteroatoms. The van der Waals surface area contributed by atoms with E-state index in [2.05, 4.69) is 11.3 Å². The molecule has 3 N–H and O–H groups in total. The SMILES string of the molecule is C#CCCCC(NN)c1cc(Cl)cc(Cl)c1. The molecule has 2 nitrogen and oxygen atoms in total. The minimum atomic E-state index is 0.0320. The third-order valence-electron chi connectivity index (χ3n) is 2.30. The van der Waals surface area contributed by atoms with Crippen LogP contribution in [0.3, 0.4) is 0 Å². The maximum atomic E-state index is 5.93. The third-order valence-corrected chi connectivity index (χ3v) is 2.74. The van der Waals surface area contributed by atoms with Crippen molar-refractivity contribution in [2.45, 2.75) is 25.3 Å². The Bertz CT molecular complexity index is 365. The van der Waals surface area contributed by atoms with Gasteiger partial charge in [-0.25, -0.2) is 0 Å². The molecule has 1 aromatic carbocycles. The summed E-state index contributed by atoms with van der Waals surface area (Å²) in [6.07, 6.45) is 7.71. The van der Waals surface area contributed by atoms with Crippen molar-refractivity contribution in [3.63, 3.8) is 0 Å². The number of rotatable bonds is 5. The fourth-order valence-corrected chi connectivity index (χ4v) is 2.07. The highest BCUT2D eigenvalue weighted by Gasteiger charge is 2.10. The lowest BCUT2D eigenvalue weighted by atomic mass is 10.0. The molecule has 0 aliphatic carbocycles. The normalized spacial score (nSPS) is 12.1. The van der Waals surface area contributed by atoms with Gasteiger partial charge < -0.3 is 0 Å². The molecular formula is C12H14Cl2N2. The largest absolute Gasteiger partial charge is 0.271 e. The second kappa shape index (κ2) is 6.78. The first kappa shape index (κ1) is 13.3. The van der Waals surface area contributed by atoms with Crippen molar-refractivity contribution in [2.24, 2.45) is 5.84 Å². The van der Waals surface area contributed by atoms with Crippen LogP contribution >= 0.6 is 23.2 Å². The Morgan fingerprint density at radius 1 is 1.31 bits per heavy atom. The summed E-state index contributed by atoms with van der Waals surface area (Å²) in [5.74, 6) is 8.10. The lowest BCUT2D eigenvalue weighted by Gasteiger charge is -2.16. The lowest BCUT2D eigenvalue weighted by Crippen LogP contribution is -2.28. The van der Waals surface area contributed by atoms with Crippen molar-refractivity contribution < 1.29 is 0 Å². The molecule has 1 unspecified atom stereocenters. The first-order valence-corrected chi connectivity index (χ1v) is 5.78. The zero-order chi connectivity index (χ0) is 12.0. The Kier molecular flexibility index (Phi) is 5.65. The van der Waals surface area contributed by atoms with Gasteiger partial charge in [-0.3, -0.25) is 11.3 Å². The van der Waals surface area contributed by atoms with Crippen LogP contribution in [0.25, 0.3) is 0 Å². The maximum Gasteiger partial charge on any atom is 0.0461 e. The van der Waals surface area contributed by atoms with Gasteiger partial charge in [0.05, 0.1) is 0 Å². The van der Waals surface area contributed by atoms with Gasteiger partial charge in [0.1, 0.15) is 0 Å². The fourth-order valence-electron chi connectivity index (χ4n) is 1.53. The van der Waals surface area contributed by atoms with Crippen LogP contribution in [-0.2, 0) is 0 Å². The molecular weight excluding hydrogens is 243 g/mol. The summed E-state index contributed by atoms with van der Waals surface area (Å²) in [5.41, 5.74) is 3.73. The summed E-state index contributed by atoms with van der Waals surface area (Å²) in [6, 6.07) is 5.44. The van der Waals surface area contributed by atoms with Crippen LogP contribution in [0.1, 0.15) is 30.9 Å². The van der Waals surface area contributed by atoms with E-state index in [4.69, 9.17) is 35.5 Å². The number of hydrogen-bond acceptors (Lipinski definition) is 2. The zero-order valence-electron chi connectivity index (χ0n) is 8.84. The monoisotopic (exact) mass is 256 g/mol. The molecule has 1 aromatic rings. The number of nitrogens with one attached hydrogen (secondary N) is 1. The van der Waals surface area contributed by atoms with E-state index in [1.165, 1.54) is 0 Å². The van der Waals surface area contributed by atoms with Gasteiger partial charge in [-0.2, -0.15) is 0 Å². The van der Waals surface area contributed by atoms with E-state index in [-0.39, 0.29) is 6.04 Å². The molecule has 0 spiro atoms. The molecule has 1 atom stereocenters. The fraction of sp³-hybridized carbons (Fsp3) is 0.333. The summed E-state index contributed by atoms with van der Waals surface area (Å²) in [4.78, 5) is 0. The first-order valence-electron chi connectivity index (χ1n) is 5.03. The van der Waals surface area contributed by atoms with Crippen molar-refractivity contribution in [1.29, 1.82) is 0 Å². The Morgan fingerprint density at radius 2 is 1.94 bits per heavy atom. The molecule has 0 bridgehead atoms. The number of hydrogen-bond donors (Lipinski definition) is 2. The molecule has 0 saturated heterocycles. The van der Waals surface area contributed by atoms with Crippen molar-refractivity contribution in [3.05, 3.63) is 33.8 Å². The quantitative estimate of drug-likeness (QED) is 0.367. The molecule has 0 heterocycles. The molecule has 1 rings (SSSR count). The van der Waals surface area contributed by atoms with Crippen LogP contribution in [0.2, 0.25) is 10.0 Å². The molecule has 0 aromatic heterocycles. The van der Waals surface area contributed by atoms with Crippen molar-refractivity contribution in [1.82, 2.24) is 5.43 Å². The van der Waals surface area contributed by atoms with Crippen molar-refractivity contribution in [3.8, 4) is 12.3 Å². The number of nitrogens with two attached hydrogens (primary N) is 1. The highest BCUT2D eigenvalue weighted by Crippen LogP contribution is 2.25. The molecule has 16 heavy (non-hydrogen) atoms. The maximum absolute atomic E-state index is 5.93. The highest BCUT2D eigenvalue weighted by atomic mass is 35.5. The van der Waals surface area contributed by atoms with Crippen LogP contribution in [0.4, 0.5) is 0 Å². The van der Waals surface area contributed by atoms with E-state index in [1.807, 2.05) is 12.1 Å². The Labute approximate surface area is 106 Å². The highest BCUT2D eigenvalue weighted by molar-refractivity contribution is 6.34. The molecule has 0 aliphatic heterocycles.